The monoisotopic (exact) mass is 442 g/mol. The van der Waals surface area contributed by atoms with E-state index in [2.05, 4.69) is 0 Å². The first-order valence-electron chi connectivity index (χ1n) is 9.82. The van der Waals surface area contributed by atoms with Crippen LogP contribution in [0.3, 0.4) is 0 Å². The van der Waals surface area contributed by atoms with Crippen LogP contribution in [0.1, 0.15) is 28.4 Å². The molecule has 3 N–H and O–H groups in total. The number of rotatable bonds is 5. The lowest BCUT2D eigenvalue weighted by Gasteiger charge is -2.37. The highest BCUT2D eigenvalue weighted by atomic mass is 35.5. The van der Waals surface area contributed by atoms with Crippen molar-refractivity contribution >= 4 is 17.7 Å². The van der Waals surface area contributed by atoms with Crippen molar-refractivity contribution in [2.75, 3.05) is 7.11 Å². The first kappa shape index (κ1) is 21.5. The van der Waals surface area contributed by atoms with Crippen LogP contribution in [0, 0.1) is 0 Å². The van der Waals surface area contributed by atoms with E-state index in [0.717, 1.165) is 16.9 Å². The van der Waals surface area contributed by atoms with E-state index < -0.39 is 24.4 Å². The van der Waals surface area contributed by atoms with E-state index in [1.807, 2.05) is 30.3 Å². The Bertz CT molecular complexity index is 1040. The number of methoxy groups -OCH3 is 1. The first-order valence-corrected chi connectivity index (χ1v) is 10.2. The highest BCUT2D eigenvalue weighted by Crippen LogP contribution is 2.36. The molecule has 162 valence electrons. The Morgan fingerprint density at radius 3 is 2.48 bits per heavy atom. The third kappa shape index (κ3) is 4.62. The SMILES string of the molecule is COc1ccc(Cc2cc([C@@H]3OC(=Cc4ccoc4)[C@@H](O)[C@H](O)[C@H]3O)ccc2Cl)cc1. The Morgan fingerprint density at radius 1 is 1.03 bits per heavy atom. The molecule has 0 saturated carbocycles. The molecular formula is C24H23ClO6. The van der Waals surface area contributed by atoms with Crippen molar-refractivity contribution < 1.29 is 29.2 Å². The molecule has 1 aliphatic rings. The second kappa shape index (κ2) is 9.16. The Morgan fingerprint density at radius 2 is 1.81 bits per heavy atom. The maximum absolute atomic E-state index is 10.6. The lowest BCUT2D eigenvalue weighted by Crippen LogP contribution is -2.47. The number of aliphatic hydroxyl groups is 3. The summed E-state index contributed by atoms with van der Waals surface area (Å²) >= 11 is 6.42. The van der Waals surface area contributed by atoms with E-state index in [1.165, 1.54) is 12.5 Å². The van der Waals surface area contributed by atoms with Gasteiger partial charge in [0.25, 0.3) is 0 Å². The summed E-state index contributed by atoms with van der Waals surface area (Å²) < 4.78 is 16.1. The molecule has 1 fully saturated rings. The zero-order valence-electron chi connectivity index (χ0n) is 16.8. The molecule has 0 radical (unpaired) electrons. The smallest absolute Gasteiger partial charge is 0.152 e. The van der Waals surface area contributed by atoms with Gasteiger partial charge in [0.15, 0.2) is 6.10 Å². The molecule has 4 atom stereocenters. The van der Waals surface area contributed by atoms with Gasteiger partial charge in [0, 0.05) is 10.6 Å². The van der Waals surface area contributed by atoms with Crippen LogP contribution < -0.4 is 4.74 Å². The van der Waals surface area contributed by atoms with Crippen molar-refractivity contribution in [3.63, 3.8) is 0 Å². The fraction of sp³-hybridized carbons (Fsp3) is 0.250. The summed E-state index contributed by atoms with van der Waals surface area (Å²) in [5, 5.41) is 31.9. The van der Waals surface area contributed by atoms with Gasteiger partial charge in [0.1, 0.15) is 29.8 Å². The molecule has 0 spiro atoms. The number of hydrogen-bond donors (Lipinski definition) is 3. The van der Waals surface area contributed by atoms with Gasteiger partial charge in [-0.1, -0.05) is 35.9 Å². The van der Waals surface area contributed by atoms with Crippen LogP contribution in [0.4, 0.5) is 0 Å². The van der Waals surface area contributed by atoms with Crippen LogP contribution in [0.2, 0.25) is 5.02 Å². The van der Waals surface area contributed by atoms with Gasteiger partial charge in [0.05, 0.1) is 19.6 Å². The summed E-state index contributed by atoms with van der Waals surface area (Å²) in [5.41, 5.74) is 3.21. The second-order valence-corrected chi connectivity index (χ2v) is 7.85. The molecule has 0 amide bonds. The van der Waals surface area contributed by atoms with Crippen LogP contribution in [0.15, 0.2) is 71.2 Å². The fourth-order valence-corrected chi connectivity index (χ4v) is 3.78. The third-order valence-corrected chi connectivity index (χ3v) is 5.71. The Hall–Kier alpha value is -2.77. The van der Waals surface area contributed by atoms with E-state index in [4.69, 9.17) is 25.5 Å². The van der Waals surface area contributed by atoms with Crippen molar-refractivity contribution in [1.29, 1.82) is 0 Å². The summed E-state index contributed by atoms with van der Waals surface area (Å²) in [6, 6.07) is 14.7. The number of ether oxygens (including phenoxy) is 2. The van der Waals surface area contributed by atoms with Gasteiger partial charge in [0.2, 0.25) is 0 Å². The molecule has 1 saturated heterocycles. The van der Waals surface area contributed by atoms with E-state index >= 15 is 0 Å². The van der Waals surface area contributed by atoms with Gasteiger partial charge in [-0.15, -0.1) is 0 Å². The number of benzene rings is 2. The maximum Gasteiger partial charge on any atom is 0.152 e. The second-order valence-electron chi connectivity index (χ2n) is 7.44. The fourth-order valence-electron chi connectivity index (χ4n) is 3.60. The summed E-state index contributed by atoms with van der Waals surface area (Å²) in [6.45, 7) is 0. The number of hydrogen-bond acceptors (Lipinski definition) is 6. The number of halogens is 1. The molecule has 6 nitrogen and oxygen atoms in total. The lowest BCUT2D eigenvalue weighted by molar-refractivity contribution is -0.156. The van der Waals surface area contributed by atoms with Crippen molar-refractivity contribution in [2.45, 2.75) is 30.8 Å². The predicted molar refractivity (Wildman–Crippen MR) is 116 cm³/mol. The molecule has 0 aliphatic carbocycles. The average molecular weight is 443 g/mol. The minimum atomic E-state index is -1.40. The standard InChI is InChI=1S/C24H23ClO6/c1-29-18-5-2-14(3-6-18)10-17-12-16(4-7-19(17)25)24-23(28)22(27)21(26)20(31-24)11-15-8-9-30-13-15/h2-9,11-13,21-24,26-28H,10H2,1H3/t21-,22+,23-,24+/m1/s1. The van der Waals surface area contributed by atoms with Crippen molar-refractivity contribution in [3.05, 3.63) is 94.1 Å². The maximum atomic E-state index is 10.6. The summed E-state index contributed by atoms with van der Waals surface area (Å²) in [4.78, 5) is 0. The van der Waals surface area contributed by atoms with Crippen LogP contribution in [-0.2, 0) is 11.2 Å². The minimum Gasteiger partial charge on any atom is -0.497 e. The topological polar surface area (TPSA) is 92.3 Å². The number of furan rings is 1. The molecule has 2 aromatic carbocycles. The van der Waals surface area contributed by atoms with Crippen molar-refractivity contribution in [1.82, 2.24) is 0 Å². The van der Waals surface area contributed by atoms with E-state index in [0.29, 0.717) is 22.6 Å². The summed E-state index contributed by atoms with van der Waals surface area (Å²) in [7, 11) is 1.62. The molecule has 0 unspecified atom stereocenters. The predicted octanol–water partition coefficient (Wildman–Crippen LogP) is 3.73. The van der Waals surface area contributed by atoms with Crippen LogP contribution in [0.25, 0.3) is 6.08 Å². The van der Waals surface area contributed by atoms with Crippen LogP contribution in [-0.4, -0.2) is 40.7 Å². The van der Waals surface area contributed by atoms with Gasteiger partial charge in [-0.3, -0.25) is 0 Å². The highest BCUT2D eigenvalue weighted by Gasteiger charge is 2.42. The van der Waals surface area contributed by atoms with Crippen LogP contribution in [0.5, 0.6) is 5.75 Å². The minimum absolute atomic E-state index is 0.149. The molecule has 7 heteroatoms. The van der Waals surface area contributed by atoms with Gasteiger partial charge in [-0.2, -0.15) is 0 Å². The van der Waals surface area contributed by atoms with Gasteiger partial charge < -0.3 is 29.2 Å². The lowest BCUT2D eigenvalue weighted by atomic mass is 9.91. The van der Waals surface area contributed by atoms with E-state index in [1.54, 1.807) is 31.4 Å². The third-order valence-electron chi connectivity index (χ3n) is 5.34. The normalized spacial score (nSPS) is 24.7. The molecule has 1 aliphatic heterocycles. The van der Waals surface area contributed by atoms with E-state index in [-0.39, 0.29) is 5.76 Å². The first-order chi connectivity index (χ1) is 15.0. The molecule has 1 aromatic heterocycles. The average Bonchev–Trinajstić information content (AvgIpc) is 3.29. The Kier molecular flexibility index (Phi) is 6.34. The zero-order valence-corrected chi connectivity index (χ0v) is 17.6. The Balaban J connectivity index is 1.62. The molecule has 3 aromatic rings. The zero-order chi connectivity index (χ0) is 22.0. The summed E-state index contributed by atoms with van der Waals surface area (Å²) in [5.74, 6) is 0.919. The molecule has 4 rings (SSSR count). The Labute approximate surface area is 184 Å². The van der Waals surface area contributed by atoms with Gasteiger partial charge in [-0.25, -0.2) is 0 Å². The molecule has 31 heavy (non-hydrogen) atoms. The van der Waals surface area contributed by atoms with Crippen molar-refractivity contribution in [2.24, 2.45) is 0 Å². The molecular weight excluding hydrogens is 420 g/mol. The van der Waals surface area contributed by atoms with Crippen molar-refractivity contribution in [3.8, 4) is 5.75 Å². The largest absolute Gasteiger partial charge is 0.497 e. The van der Waals surface area contributed by atoms with Gasteiger partial charge >= 0.3 is 0 Å². The number of aliphatic hydroxyl groups excluding tert-OH is 3. The summed E-state index contributed by atoms with van der Waals surface area (Å²) in [6.07, 6.45) is 0.187. The van der Waals surface area contributed by atoms with Gasteiger partial charge in [-0.05, 0) is 53.5 Å². The molecule has 0 bridgehead atoms. The quantitative estimate of drug-likeness (QED) is 0.557. The van der Waals surface area contributed by atoms with E-state index in [9.17, 15) is 15.3 Å². The van der Waals surface area contributed by atoms with Crippen LogP contribution >= 0.6 is 11.6 Å². The molecule has 2 heterocycles. The highest BCUT2D eigenvalue weighted by molar-refractivity contribution is 6.31.